The van der Waals surface area contributed by atoms with E-state index in [4.69, 9.17) is 4.74 Å². The lowest BCUT2D eigenvalue weighted by molar-refractivity contribution is -0.138. The van der Waals surface area contributed by atoms with E-state index in [1.807, 2.05) is 45.0 Å². The second kappa shape index (κ2) is 7.47. The number of allylic oxidation sites excluding steroid dienone is 1. The van der Waals surface area contributed by atoms with E-state index >= 15 is 0 Å². The Bertz CT molecular complexity index is 1050. The maximum atomic E-state index is 13.0. The van der Waals surface area contributed by atoms with Crippen molar-refractivity contribution in [2.24, 2.45) is 0 Å². The number of imide groups is 1. The number of hydrogen-bond donors (Lipinski definition) is 0. The number of carbonyl (C=O) groups is 3. The molecule has 0 bridgehead atoms. The molecule has 1 aromatic rings. The Labute approximate surface area is 175 Å². The average Bonchev–Trinajstić information content (AvgIpc) is 2.86. The van der Waals surface area contributed by atoms with Gasteiger partial charge in [0.1, 0.15) is 5.60 Å². The monoisotopic (exact) mass is 404 g/mol. The first-order valence-corrected chi connectivity index (χ1v) is 10.0. The third-order valence-corrected chi connectivity index (χ3v) is 5.32. The van der Waals surface area contributed by atoms with Gasteiger partial charge in [0.2, 0.25) is 0 Å². The highest BCUT2D eigenvalue weighted by Crippen LogP contribution is 2.34. The summed E-state index contributed by atoms with van der Waals surface area (Å²) in [6.07, 6.45) is 6.76. The van der Waals surface area contributed by atoms with Crippen molar-refractivity contribution in [3.05, 3.63) is 76.6 Å². The van der Waals surface area contributed by atoms with E-state index in [0.717, 1.165) is 11.1 Å². The predicted molar refractivity (Wildman–Crippen MR) is 111 cm³/mol. The van der Waals surface area contributed by atoms with Gasteiger partial charge in [-0.1, -0.05) is 30.3 Å². The summed E-state index contributed by atoms with van der Waals surface area (Å²) < 4.78 is 5.61. The van der Waals surface area contributed by atoms with E-state index in [0.29, 0.717) is 24.1 Å². The predicted octanol–water partition coefficient (Wildman–Crippen LogP) is 3.47. The second-order valence-electron chi connectivity index (χ2n) is 8.52. The molecule has 1 aliphatic carbocycles. The number of hydrogen-bond acceptors (Lipinski definition) is 4. The van der Waals surface area contributed by atoms with Crippen LogP contribution in [0.3, 0.4) is 0 Å². The van der Waals surface area contributed by atoms with Crippen LogP contribution >= 0.6 is 0 Å². The summed E-state index contributed by atoms with van der Waals surface area (Å²) in [6, 6.07) is 7.36. The summed E-state index contributed by atoms with van der Waals surface area (Å²) >= 11 is 0. The Morgan fingerprint density at radius 2 is 1.90 bits per heavy atom. The molecule has 1 aromatic carbocycles. The largest absolute Gasteiger partial charge is 0.444 e. The number of carbonyl (C=O) groups excluding carboxylic acids is 3. The number of fused-ring (bicyclic) bond motifs is 1. The van der Waals surface area contributed by atoms with Gasteiger partial charge in [-0.25, -0.2) is 4.79 Å². The van der Waals surface area contributed by atoms with Crippen LogP contribution in [0.5, 0.6) is 0 Å². The van der Waals surface area contributed by atoms with E-state index in [1.165, 1.54) is 11.0 Å². The fourth-order valence-corrected chi connectivity index (χ4v) is 3.97. The van der Waals surface area contributed by atoms with Crippen LogP contribution in [0, 0.1) is 0 Å². The van der Waals surface area contributed by atoms with Crippen LogP contribution in [-0.4, -0.2) is 46.4 Å². The van der Waals surface area contributed by atoms with Gasteiger partial charge >= 0.3 is 6.09 Å². The molecule has 0 spiro atoms. The Kier molecular flexibility index (Phi) is 4.96. The molecule has 3 aliphatic rings. The number of ether oxygens (including phenoxy) is 1. The molecule has 0 saturated carbocycles. The molecular formula is C24H24N2O4. The Morgan fingerprint density at radius 1 is 1.17 bits per heavy atom. The minimum absolute atomic E-state index is 0.0757. The summed E-state index contributed by atoms with van der Waals surface area (Å²) in [4.78, 5) is 41.8. The highest BCUT2D eigenvalue weighted by atomic mass is 16.6. The molecule has 6 nitrogen and oxygen atoms in total. The normalized spacial score (nSPS) is 20.4. The van der Waals surface area contributed by atoms with Gasteiger partial charge in [0.25, 0.3) is 11.8 Å². The minimum atomic E-state index is -0.640. The van der Waals surface area contributed by atoms with Crippen molar-refractivity contribution in [1.82, 2.24) is 9.80 Å². The lowest BCUT2D eigenvalue weighted by Gasteiger charge is -2.39. The Balaban J connectivity index is 1.67. The number of nitrogens with zero attached hydrogens (tertiary/aromatic N) is 2. The van der Waals surface area contributed by atoms with Crippen molar-refractivity contribution in [2.75, 3.05) is 13.1 Å². The Hall–Kier alpha value is -3.37. The molecule has 1 unspecified atom stereocenters. The number of rotatable bonds is 2. The van der Waals surface area contributed by atoms with E-state index in [-0.39, 0.29) is 18.4 Å². The first kappa shape index (κ1) is 19.9. The molecule has 0 radical (unpaired) electrons. The molecule has 6 heteroatoms. The van der Waals surface area contributed by atoms with Crippen LogP contribution in [0.2, 0.25) is 0 Å². The van der Waals surface area contributed by atoms with Crippen molar-refractivity contribution in [1.29, 1.82) is 0 Å². The third-order valence-electron chi connectivity index (χ3n) is 5.32. The summed E-state index contributed by atoms with van der Waals surface area (Å²) in [5, 5.41) is 0. The zero-order valence-electron chi connectivity index (χ0n) is 17.3. The van der Waals surface area contributed by atoms with Gasteiger partial charge in [0.15, 0.2) is 0 Å². The maximum Gasteiger partial charge on any atom is 0.410 e. The van der Waals surface area contributed by atoms with E-state index < -0.39 is 17.7 Å². The highest BCUT2D eigenvalue weighted by Gasteiger charge is 2.41. The van der Waals surface area contributed by atoms with Gasteiger partial charge in [-0.3, -0.25) is 19.4 Å². The molecule has 1 atom stereocenters. The molecule has 0 N–H and O–H groups in total. The van der Waals surface area contributed by atoms with E-state index in [1.54, 1.807) is 23.1 Å². The fraction of sp³-hybridized carbons (Fsp3) is 0.333. The summed E-state index contributed by atoms with van der Waals surface area (Å²) in [6.45, 7) is 5.99. The quantitative estimate of drug-likeness (QED) is 0.559. The molecular weight excluding hydrogens is 380 g/mol. The zero-order valence-corrected chi connectivity index (χ0v) is 17.3. The van der Waals surface area contributed by atoms with Crippen LogP contribution in [0.4, 0.5) is 4.79 Å². The van der Waals surface area contributed by atoms with Gasteiger partial charge < -0.3 is 4.74 Å². The van der Waals surface area contributed by atoms with Crippen LogP contribution in [0.15, 0.2) is 65.4 Å². The molecule has 2 heterocycles. The van der Waals surface area contributed by atoms with Crippen LogP contribution in [-0.2, 0) is 20.7 Å². The van der Waals surface area contributed by atoms with Crippen LogP contribution in [0.1, 0.15) is 37.9 Å². The van der Waals surface area contributed by atoms with Gasteiger partial charge in [0, 0.05) is 6.54 Å². The summed E-state index contributed by atoms with van der Waals surface area (Å²) in [5.74, 6) is -0.721. The van der Waals surface area contributed by atoms with Crippen LogP contribution < -0.4 is 0 Å². The Morgan fingerprint density at radius 3 is 2.67 bits per heavy atom. The standard InChI is InChI=1S/C24H24N2O4/c1-24(2,3)30-23(29)25-14-13-16-9-7-8-10-17(16)20(25)15-26-21(27)18-11-5-4-6-12-19(18)22(26)28/h4-5,7-12,20H,13-15H2,1-3H3. The van der Waals surface area contributed by atoms with Gasteiger partial charge in [-0.2, -0.15) is 0 Å². The first-order chi connectivity index (χ1) is 14.3. The molecule has 3 amide bonds. The molecule has 30 heavy (non-hydrogen) atoms. The minimum Gasteiger partial charge on any atom is -0.444 e. The van der Waals surface area contributed by atoms with E-state index in [2.05, 4.69) is 5.73 Å². The smallest absolute Gasteiger partial charge is 0.410 e. The number of benzene rings is 1. The van der Waals surface area contributed by atoms with Gasteiger partial charge in [-0.15, -0.1) is 5.73 Å². The van der Waals surface area contributed by atoms with Crippen molar-refractivity contribution in [3.8, 4) is 0 Å². The van der Waals surface area contributed by atoms with Gasteiger partial charge in [-0.05, 0) is 56.5 Å². The van der Waals surface area contributed by atoms with Gasteiger partial charge in [0.05, 0.1) is 23.7 Å². The lowest BCUT2D eigenvalue weighted by atomic mass is 9.92. The highest BCUT2D eigenvalue weighted by molar-refractivity contribution is 6.22. The fourth-order valence-electron chi connectivity index (χ4n) is 3.97. The zero-order chi connectivity index (χ0) is 21.5. The molecule has 4 rings (SSSR count). The third kappa shape index (κ3) is 3.62. The van der Waals surface area contributed by atoms with E-state index in [9.17, 15) is 14.4 Å². The summed E-state index contributed by atoms with van der Waals surface area (Å²) in [7, 11) is 0. The molecule has 2 aliphatic heterocycles. The first-order valence-electron chi connectivity index (χ1n) is 10.0. The number of amides is 3. The molecule has 0 aromatic heterocycles. The lowest BCUT2D eigenvalue weighted by Crippen LogP contribution is -2.48. The van der Waals surface area contributed by atoms with Crippen LogP contribution in [0.25, 0.3) is 0 Å². The maximum absolute atomic E-state index is 13.0. The second-order valence-corrected chi connectivity index (χ2v) is 8.52. The van der Waals surface area contributed by atoms with Crippen molar-refractivity contribution in [2.45, 2.75) is 38.8 Å². The van der Waals surface area contributed by atoms with Crippen molar-refractivity contribution in [3.63, 3.8) is 0 Å². The van der Waals surface area contributed by atoms with Crippen molar-refractivity contribution < 1.29 is 19.1 Å². The SMILES string of the molecule is CC(C)(C)OC(=O)N1CCc2ccccc2C1CN1C(=O)C2=C(C=CC=C=C2)C1=O. The molecule has 0 fully saturated rings. The average molecular weight is 404 g/mol. The molecule has 0 saturated heterocycles. The summed E-state index contributed by atoms with van der Waals surface area (Å²) in [5.41, 5.74) is 4.97. The molecule has 154 valence electrons. The van der Waals surface area contributed by atoms with Crippen molar-refractivity contribution >= 4 is 17.9 Å². The topological polar surface area (TPSA) is 66.9 Å².